The molecule has 2 aromatic rings. The van der Waals surface area contributed by atoms with Crippen molar-refractivity contribution in [2.45, 2.75) is 26.0 Å². The van der Waals surface area contributed by atoms with Gasteiger partial charge in [0.2, 0.25) is 0 Å². The molecule has 0 saturated heterocycles. The van der Waals surface area contributed by atoms with Gasteiger partial charge in [-0.3, -0.25) is 0 Å². The summed E-state index contributed by atoms with van der Waals surface area (Å²) in [6, 6.07) is 14.1. The second kappa shape index (κ2) is 6.82. The van der Waals surface area contributed by atoms with E-state index in [2.05, 4.69) is 34.8 Å². The molecule has 4 heteroatoms. The fourth-order valence-corrected chi connectivity index (χ4v) is 3.04. The van der Waals surface area contributed by atoms with Crippen LogP contribution in [0.25, 0.3) is 0 Å². The third-order valence-corrected chi connectivity index (χ3v) is 4.65. The molecule has 0 fully saturated rings. The zero-order valence-electron chi connectivity index (χ0n) is 12.3. The molecule has 2 nitrogen and oxygen atoms in total. The van der Waals surface area contributed by atoms with Crippen LogP contribution in [-0.4, -0.2) is 12.2 Å². The Kier molecular flexibility index (Phi) is 5.31. The first-order valence-corrected chi connectivity index (χ1v) is 8.03. The lowest BCUT2D eigenvalue weighted by atomic mass is 10.1. The fraction of sp³-hybridized carbons (Fsp3) is 0.294. The van der Waals surface area contributed by atoms with Gasteiger partial charge in [-0.15, -0.1) is 0 Å². The zero-order valence-corrected chi connectivity index (χ0v) is 14.7. The largest absolute Gasteiger partial charge is 0.389 e. The maximum atomic E-state index is 9.64. The van der Waals surface area contributed by atoms with Crippen LogP contribution in [0.4, 0.5) is 5.69 Å². The van der Waals surface area contributed by atoms with Crippen LogP contribution in [0, 0.1) is 0 Å². The van der Waals surface area contributed by atoms with E-state index in [0.717, 1.165) is 20.7 Å². The summed E-state index contributed by atoms with van der Waals surface area (Å²) in [4.78, 5) is 2.19. The molecule has 2 aromatic carbocycles. The molecule has 0 radical (unpaired) electrons. The minimum absolute atomic E-state index is 0.218. The van der Waals surface area contributed by atoms with Crippen LogP contribution in [0.3, 0.4) is 0 Å². The number of aliphatic hydroxyl groups is 1. The van der Waals surface area contributed by atoms with Gasteiger partial charge in [0.15, 0.2) is 0 Å². The molecule has 0 saturated carbocycles. The number of nitrogens with zero attached hydrogens (tertiary/aromatic N) is 1. The lowest BCUT2D eigenvalue weighted by Crippen LogP contribution is -2.22. The maximum Gasteiger partial charge on any atom is 0.0762 e. The Balaban J connectivity index is 2.26. The monoisotopic (exact) mass is 367 g/mol. The molecule has 0 bridgehead atoms. The van der Waals surface area contributed by atoms with Crippen LogP contribution in [0.1, 0.15) is 37.1 Å². The number of benzene rings is 2. The predicted molar refractivity (Wildman–Crippen MR) is 93.0 cm³/mol. The Morgan fingerprint density at radius 3 is 2.14 bits per heavy atom. The van der Waals surface area contributed by atoms with Gasteiger partial charge >= 0.3 is 0 Å². The molecule has 0 aromatic heterocycles. The molecule has 0 aliphatic carbocycles. The van der Waals surface area contributed by atoms with E-state index in [1.54, 1.807) is 6.92 Å². The smallest absolute Gasteiger partial charge is 0.0762 e. The van der Waals surface area contributed by atoms with Crippen molar-refractivity contribution < 1.29 is 5.11 Å². The first kappa shape index (κ1) is 16.3. The van der Waals surface area contributed by atoms with E-state index in [1.165, 1.54) is 5.56 Å². The molecule has 2 atom stereocenters. The van der Waals surface area contributed by atoms with Crippen molar-refractivity contribution in [3.8, 4) is 0 Å². The zero-order chi connectivity index (χ0) is 15.6. The van der Waals surface area contributed by atoms with Crippen molar-refractivity contribution in [2.24, 2.45) is 0 Å². The van der Waals surface area contributed by atoms with Crippen molar-refractivity contribution >= 4 is 33.2 Å². The Hall–Kier alpha value is -1.03. The summed E-state index contributed by atoms with van der Waals surface area (Å²) in [7, 11) is 2.06. The summed E-state index contributed by atoms with van der Waals surface area (Å²) in [5, 5.41) is 10.4. The summed E-state index contributed by atoms with van der Waals surface area (Å²) in [5.74, 6) is 0. The average molecular weight is 369 g/mol. The average Bonchev–Trinajstić information content (AvgIpc) is 2.46. The Morgan fingerprint density at radius 2 is 1.62 bits per heavy atom. The van der Waals surface area contributed by atoms with Crippen molar-refractivity contribution in [2.75, 3.05) is 11.9 Å². The van der Waals surface area contributed by atoms with Gasteiger partial charge < -0.3 is 10.0 Å². The Labute approximate surface area is 139 Å². The molecule has 0 amide bonds. The van der Waals surface area contributed by atoms with E-state index in [0.29, 0.717) is 0 Å². The van der Waals surface area contributed by atoms with Gasteiger partial charge in [-0.1, -0.05) is 29.8 Å². The SMILES string of the molecule is CC(c1ccc(Cl)cc1)N(C)c1ccc([C@H](C)O)cc1Br. The molecule has 1 unspecified atom stereocenters. The van der Waals surface area contributed by atoms with Gasteiger partial charge in [0.25, 0.3) is 0 Å². The van der Waals surface area contributed by atoms with E-state index >= 15 is 0 Å². The second-order valence-corrected chi connectivity index (χ2v) is 6.52. The van der Waals surface area contributed by atoms with Gasteiger partial charge in [-0.25, -0.2) is 0 Å². The highest BCUT2D eigenvalue weighted by Gasteiger charge is 2.15. The quantitative estimate of drug-likeness (QED) is 0.786. The van der Waals surface area contributed by atoms with E-state index in [-0.39, 0.29) is 6.04 Å². The van der Waals surface area contributed by atoms with Crippen molar-refractivity contribution in [1.82, 2.24) is 0 Å². The number of anilines is 1. The molecule has 0 heterocycles. The highest BCUT2D eigenvalue weighted by atomic mass is 79.9. The molecule has 0 spiro atoms. The number of aliphatic hydroxyl groups excluding tert-OH is 1. The molecule has 0 aliphatic heterocycles. The standard InChI is InChI=1S/C17H19BrClNO/c1-11(13-4-7-15(19)8-5-13)20(3)17-9-6-14(12(2)21)10-16(17)18/h4-12,21H,1-3H3/t11?,12-/m0/s1. The van der Waals surface area contributed by atoms with Crippen LogP contribution in [0.15, 0.2) is 46.9 Å². The normalized spacial score (nSPS) is 13.8. The highest BCUT2D eigenvalue weighted by molar-refractivity contribution is 9.10. The Bertz CT molecular complexity index is 613. The van der Waals surface area contributed by atoms with Gasteiger partial charge in [0, 0.05) is 16.5 Å². The van der Waals surface area contributed by atoms with Crippen molar-refractivity contribution in [1.29, 1.82) is 0 Å². The number of halogens is 2. The predicted octanol–water partition coefficient (Wildman–Crippen LogP) is 5.35. The highest BCUT2D eigenvalue weighted by Crippen LogP contribution is 2.33. The summed E-state index contributed by atoms with van der Waals surface area (Å²) in [6.07, 6.45) is -0.464. The first-order chi connectivity index (χ1) is 9.90. The van der Waals surface area contributed by atoms with E-state index in [4.69, 9.17) is 11.6 Å². The van der Waals surface area contributed by atoms with Crippen molar-refractivity contribution in [3.05, 3.63) is 63.1 Å². The van der Waals surface area contributed by atoms with Crippen LogP contribution in [-0.2, 0) is 0 Å². The Morgan fingerprint density at radius 1 is 1.05 bits per heavy atom. The van der Waals surface area contributed by atoms with Crippen molar-refractivity contribution in [3.63, 3.8) is 0 Å². The molecule has 1 N–H and O–H groups in total. The van der Waals surface area contributed by atoms with Crippen LogP contribution < -0.4 is 4.90 Å². The van der Waals surface area contributed by atoms with Gasteiger partial charge in [-0.05, 0) is 65.2 Å². The summed E-state index contributed by atoms with van der Waals surface area (Å²) in [6.45, 7) is 3.92. The van der Waals surface area contributed by atoms with Gasteiger partial charge in [-0.2, -0.15) is 0 Å². The topological polar surface area (TPSA) is 23.5 Å². The van der Waals surface area contributed by atoms with E-state index < -0.39 is 6.10 Å². The third kappa shape index (κ3) is 3.79. The van der Waals surface area contributed by atoms with E-state index in [9.17, 15) is 5.11 Å². The fourth-order valence-electron chi connectivity index (χ4n) is 2.24. The lowest BCUT2D eigenvalue weighted by molar-refractivity contribution is 0.199. The van der Waals surface area contributed by atoms with Crippen LogP contribution in [0.2, 0.25) is 5.02 Å². The van der Waals surface area contributed by atoms with Gasteiger partial charge in [0.1, 0.15) is 0 Å². The molecular weight excluding hydrogens is 350 g/mol. The number of hydrogen-bond donors (Lipinski definition) is 1. The minimum Gasteiger partial charge on any atom is -0.389 e. The lowest BCUT2D eigenvalue weighted by Gasteiger charge is -2.29. The summed E-state index contributed by atoms with van der Waals surface area (Å²) >= 11 is 9.54. The summed E-state index contributed by atoms with van der Waals surface area (Å²) < 4.78 is 0.976. The molecule has 2 rings (SSSR count). The van der Waals surface area contributed by atoms with Gasteiger partial charge in [0.05, 0.1) is 17.8 Å². The molecular formula is C17H19BrClNO. The summed E-state index contributed by atoms with van der Waals surface area (Å²) in [5.41, 5.74) is 3.19. The first-order valence-electron chi connectivity index (χ1n) is 6.86. The minimum atomic E-state index is -0.464. The molecule has 112 valence electrons. The number of rotatable bonds is 4. The number of hydrogen-bond acceptors (Lipinski definition) is 2. The second-order valence-electron chi connectivity index (χ2n) is 5.23. The third-order valence-electron chi connectivity index (χ3n) is 3.77. The maximum absolute atomic E-state index is 9.64. The molecule has 0 aliphatic rings. The van der Waals surface area contributed by atoms with E-state index in [1.807, 2.05) is 42.5 Å². The van der Waals surface area contributed by atoms with Crippen LogP contribution >= 0.6 is 27.5 Å². The van der Waals surface area contributed by atoms with Crippen LogP contribution in [0.5, 0.6) is 0 Å². The molecule has 21 heavy (non-hydrogen) atoms.